The first kappa shape index (κ1) is 23.7. The zero-order valence-corrected chi connectivity index (χ0v) is 21.0. The summed E-state index contributed by atoms with van der Waals surface area (Å²) in [6.45, 7) is 1.18. The Morgan fingerprint density at radius 2 is 1.70 bits per heavy atom. The average molecular weight is 509 g/mol. The highest BCUT2D eigenvalue weighted by atomic mass is 35.5. The number of hydrogen-bond donors (Lipinski definition) is 0. The summed E-state index contributed by atoms with van der Waals surface area (Å²) in [5.41, 5.74) is 1.65. The molecule has 0 spiro atoms. The van der Waals surface area contributed by atoms with Crippen LogP contribution in [0.4, 0.5) is 5.13 Å². The van der Waals surface area contributed by atoms with Crippen LogP contribution < -0.4 is 19.1 Å². The minimum absolute atomic E-state index is 0.151. The van der Waals surface area contributed by atoms with Gasteiger partial charge in [0.1, 0.15) is 22.1 Å². The number of ether oxygens (including phenoxy) is 3. The van der Waals surface area contributed by atoms with Gasteiger partial charge in [0, 0.05) is 29.1 Å². The molecule has 0 aliphatic carbocycles. The van der Waals surface area contributed by atoms with Gasteiger partial charge in [-0.3, -0.25) is 0 Å². The largest absolute Gasteiger partial charge is 0.497 e. The van der Waals surface area contributed by atoms with Gasteiger partial charge in [-0.2, -0.15) is 0 Å². The van der Waals surface area contributed by atoms with Crippen LogP contribution in [0.2, 0.25) is 5.02 Å². The van der Waals surface area contributed by atoms with E-state index in [0.717, 1.165) is 22.1 Å². The number of thiazole rings is 1. The first-order chi connectivity index (χ1) is 15.9. The van der Waals surface area contributed by atoms with Crippen molar-refractivity contribution in [1.82, 2.24) is 4.98 Å². The molecular weight excluding hydrogens is 484 g/mol. The number of benzene rings is 2. The van der Waals surface area contributed by atoms with Crippen molar-refractivity contribution >= 4 is 37.9 Å². The summed E-state index contributed by atoms with van der Waals surface area (Å²) in [5.74, 6) is 1.76. The molecule has 1 aliphatic heterocycles. The highest BCUT2D eigenvalue weighted by molar-refractivity contribution is 7.92. The maximum Gasteiger partial charge on any atom is 0.185 e. The summed E-state index contributed by atoms with van der Waals surface area (Å²) in [5, 5.41) is 2.70. The molecule has 2 heterocycles. The number of nitrogens with zero attached hydrogens (tertiary/aromatic N) is 2. The summed E-state index contributed by atoms with van der Waals surface area (Å²) in [6, 6.07) is 10.3. The number of anilines is 1. The van der Waals surface area contributed by atoms with Gasteiger partial charge in [-0.05, 0) is 49.2 Å². The summed E-state index contributed by atoms with van der Waals surface area (Å²) < 4.78 is 42.7. The fourth-order valence-corrected chi connectivity index (χ4v) is 6.99. The van der Waals surface area contributed by atoms with Crippen LogP contribution >= 0.6 is 22.9 Å². The molecule has 1 aromatic heterocycles. The lowest BCUT2D eigenvalue weighted by molar-refractivity contribution is 0.402. The molecule has 7 nitrogen and oxygen atoms in total. The number of piperidine rings is 1. The second kappa shape index (κ2) is 9.79. The Balaban J connectivity index is 1.51. The van der Waals surface area contributed by atoms with Crippen LogP contribution in [0.3, 0.4) is 0 Å². The van der Waals surface area contributed by atoms with Gasteiger partial charge < -0.3 is 19.1 Å². The number of methoxy groups -OCH3 is 3. The zero-order valence-electron chi connectivity index (χ0n) is 18.6. The molecule has 1 fully saturated rings. The highest BCUT2D eigenvalue weighted by Crippen LogP contribution is 2.38. The Kier molecular flexibility index (Phi) is 7.02. The van der Waals surface area contributed by atoms with Crippen LogP contribution in [0, 0.1) is 0 Å². The molecule has 3 aromatic rings. The molecule has 0 bridgehead atoms. The lowest BCUT2D eigenvalue weighted by Crippen LogP contribution is -2.39. The number of aromatic nitrogens is 1. The van der Waals surface area contributed by atoms with Crippen molar-refractivity contribution in [2.24, 2.45) is 0 Å². The number of halogens is 1. The summed E-state index contributed by atoms with van der Waals surface area (Å²) >= 11 is 7.59. The third-order valence-electron chi connectivity index (χ3n) is 5.76. The lowest BCUT2D eigenvalue weighted by Gasteiger charge is -2.31. The van der Waals surface area contributed by atoms with E-state index in [2.05, 4.69) is 4.90 Å². The maximum atomic E-state index is 13.3. The van der Waals surface area contributed by atoms with Crippen LogP contribution in [-0.4, -0.2) is 53.1 Å². The van der Waals surface area contributed by atoms with Crippen LogP contribution in [0.5, 0.6) is 17.2 Å². The monoisotopic (exact) mass is 508 g/mol. The maximum absolute atomic E-state index is 13.3. The Morgan fingerprint density at radius 1 is 1.00 bits per heavy atom. The predicted octanol–water partition coefficient (Wildman–Crippen LogP) is 4.93. The zero-order chi connectivity index (χ0) is 23.6. The summed E-state index contributed by atoms with van der Waals surface area (Å²) in [7, 11) is 1.13. The third-order valence-corrected chi connectivity index (χ3v) is 9.18. The van der Waals surface area contributed by atoms with Crippen LogP contribution in [-0.2, 0) is 9.84 Å². The van der Waals surface area contributed by atoms with Gasteiger partial charge >= 0.3 is 0 Å². The van der Waals surface area contributed by atoms with Crippen molar-refractivity contribution in [2.45, 2.75) is 23.0 Å². The first-order valence-electron chi connectivity index (χ1n) is 10.4. The number of rotatable bonds is 7. The summed E-state index contributed by atoms with van der Waals surface area (Å²) in [4.78, 5) is 7.07. The predicted molar refractivity (Wildman–Crippen MR) is 131 cm³/mol. The third kappa shape index (κ3) is 4.76. The molecule has 0 amide bonds. The molecule has 0 radical (unpaired) electrons. The molecule has 0 saturated carbocycles. The Morgan fingerprint density at radius 3 is 2.36 bits per heavy atom. The van der Waals surface area contributed by atoms with E-state index >= 15 is 0 Å². The minimum atomic E-state index is -3.57. The van der Waals surface area contributed by atoms with Crippen LogP contribution in [0.15, 0.2) is 46.7 Å². The van der Waals surface area contributed by atoms with Gasteiger partial charge in [0.15, 0.2) is 15.0 Å². The van der Waals surface area contributed by atoms with Gasteiger partial charge in [-0.15, -0.1) is 11.3 Å². The van der Waals surface area contributed by atoms with Crippen molar-refractivity contribution in [3.63, 3.8) is 0 Å². The van der Waals surface area contributed by atoms with Gasteiger partial charge in [0.25, 0.3) is 0 Å². The lowest BCUT2D eigenvalue weighted by atomic mass is 10.1. The van der Waals surface area contributed by atoms with Gasteiger partial charge in [0.05, 0.1) is 32.3 Å². The van der Waals surface area contributed by atoms with Crippen molar-refractivity contribution in [3.05, 3.63) is 46.8 Å². The Labute approximate surface area is 202 Å². The molecule has 176 valence electrons. The molecule has 10 heteroatoms. The standard InChI is InChI=1S/C23H25ClN2O5S2/c1-29-16-5-7-20(30-2)18(13-16)19-14-32-23(25-19)26-10-8-17(9-11-26)33(27,28)22-12-15(24)4-6-21(22)31-3/h4-7,12-14,17H,8-11H2,1-3H3. The molecule has 0 N–H and O–H groups in total. The molecule has 0 atom stereocenters. The minimum Gasteiger partial charge on any atom is -0.497 e. The molecule has 2 aromatic carbocycles. The van der Waals surface area contributed by atoms with E-state index in [-0.39, 0.29) is 4.90 Å². The SMILES string of the molecule is COc1ccc(OC)c(-c2csc(N3CCC(S(=O)(=O)c4cc(Cl)ccc4OC)CC3)n2)c1. The molecule has 33 heavy (non-hydrogen) atoms. The highest BCUT2D eigenvalue weighted by Gasteiger charge is 2.34. The smallest absolute Gasteiger partial charge is 0.185 e. The topological polar surface area (TPSA) is 78.0 Å². The van der Waals surface area contributed by atoms with E-state index in [1.807, 2.05) is 23.6 Å². The Hall–Kier alpha value is -2.49. The second-order valence-corrected chi connectivity index (χ2v) is 11.1. The van der Waals surface area contributed by atoms with E-state index in [0.29, 0.717) is 42.5 Å². The van der Waals surface area contributed by atoms with E-state index in [1.165, 1.54) is 24.5 Å². The van der Waals surface area contributed by atoms with Crippen molar-refractivity contribution in [3.8, 4) is 28.5 Å². The van der Waals surface area contributed by atoms with Gasteiger partial charge in [0.2, 0.25) is 0 Å². The number of sulfone groups is 1. The van der Waals surface area contributed by atoms with Crippen LogP contribution in [0.1, 0.15) is 12.8 Å². The van der Waals surface area contributed by atoms with Crippen molar-refractivity contribution < 1.29 is 22.6 Å². The van der Waals surface area contributed by atoms with E-state index < -0.39 is 15.1 Å². The van der Waals surface area contributed by atoms with Crippen LogP contribution in [0.25, 0.3) is 11.3 Å². The molecule has 1 aliphatic rings. The second-order valence-electron chi connectivity index (χ2n) is 7.61. The van der Waals surface area contributed by atoms with E-state index in [1.54, 1.807) is 26.4 Å². The average Bonchev–Trinajstić information content (AvgIpc) is 3.34. The fourth-order valence-electron chi connectivity index (χ4n) is 3.96. The van der Waals surface area contributed by atoms with Crippen molar-refractivity contribution in [2.75, 3.05) is 39.3 Å². The van der Waals surface area contributed by atoms with E-state index in [9.17, 15) is 8.42 Å². The molecule has 4 rings (SSSR count). The van der Waals surface area contributed by atoms with Gasteiger partial charge in [-0.25, -0.2) is 13.4 Å². The Bertz CT molecular complexity index is 1240. The molecule has 1 saturated heterocycles. The quantitative estimate of drug-likeness (QED) is 0.447. The summed E-state index contributed by atoms with van der Waals surface area (Å²) in [6.07, 6.45) is 0.991. The van der Waals surface area contributed by atoms with E-state index in [4.69, 9.17) is 30.8 Å². The first-order valence-corrected chi connectivity index (χ1v) is 13.2. The number of hydrogen-bond acceptors (Lipinski definition) is 8. The van der Waals surface area contributed by atoms with Crippen molar-refractivity contribution in [1.29, 1.82) is 0 Å². The molecule has 0 unspecified atom stereocenters. The molecular formula is C23H25ClN2O5S2. The van der Waals surface area contributed by atoms with Gasteiger partial charge in [-0.1, -0.05) is 11.6 Å². The normalized spacial score (nSPS) is 14.8. The fraction of sp³-hybridized carbons (Fsp3) is 0.348.